The van der Waals surface area contributed by atoms with Crippen LogP contribution in [0.5, 0.6) is 0 Å². The highest BCUT2D eigenvalue weighted by atomic mass is 31.2. The summed E-state index contributed by atoms with van der Waals surface area (Å²) in [4.78, 5) is 36.0. The van der Waals surface area contributed by atoms with Crippen molar-refractivity contribution in [1.82, 2.24) is 0 Å². The molecule has 0 aromatic heterocycles. The molecule has 2 unspecified atom stereocenters. The lowest BCUT2D eigenvalue weighted by Crippen LogP contribution is -2.37. The second kappa shape index (κ2) is 71.0. The van der Waals surface area contributed by atoms with Gasteiger partial charge in [-0.1, -0.05) is 357 Å². The monoisotopic (exact) mass is 1290 g/mol. The normalized spacial score (nSPS) is 13.4. The van der Waals surface area contributed by atoms with E-state index < -0.39 is 26.5 Å². The zero-order valence-corrected chi connectivity index (χ0v) is 61.3. The van der Waals surface area contributed by atoms with Gasteiger partial charge in [-0.15, -0.1) is 0 Å². The van der Waals surface area contributed by atoms with Crippen LogP contribution >= 0.6 is 7.82 Å². The molecule has 2 atom stereocenters. The molecule has 0 aromatic carbocycles. The largest absolute Gasteiger partial charge is 0.472 e. The van der Waals surface area contributed by atoms with E-state index in [1.807, 2.05) is 21.1 Å². The summed E-state index contributed by atoms with van der Waals surface area (Å²) in [5.74, 6) is -0.774. The predicted octanol–water partition coefficient (Wildman–Crippen LogP) is 25.7. The first-order valence-electron chi connectivity index (χ1n) is 39.0. The van der Waals surface area contributed by atoms with Gasteiger partial charge in [-0.25, -0.2) is 4.57 Å². The Morgan fingerprint density at radius 1 is 0.356 bits per heavy atom. The highest BCUT2D eigenvalue weighted by molar-refractivity contribution is 7.47. The SMILES string of the molecule is CC/C=C\C/C=C\C/C=C\C/C=C\CCCCCCCCCCCCCCCCCCCCCCCCCCC(=O)OC(COC(=O)CCCCCCCCCCCCCCCCCCC/C=C\CCCCCCCCCC)COP(=O)(O)OCC[N+](C)(C)C. The van der Waals surface area contributed by atoms with Crippen molar-refractivity contribution in [3.8, 4) is 0 Å². The lowest BCUT2D eigenvalue weighted by Gasteiger charge is -2.24. The molecule has 0 rings (SSSR count). The number of carbonyl (C=O) groups is 2. The van der Waals surface area contributed by atoms with Crippen molar-refractivity contribution < 1.29 is 42.1 Å². The molecule has 1 N–H and O–H groups in total. The Balaban J connectivity index is 3.92. The molecule has 528 valence electrons. The van der Waals surface area contributed by atoms with E-state index in [1.54, 1.807) is 0 Å². The van der Waals surface area contributed by atoms with E-state index in [0.717, 1.165) is 57.8 Å². The van der Waals surface area contributed by atoms with Gasteiger partial charge in [0.1, 0.15) is 19.8 Å². The Bertz CT molecular complexity index is 1700. The van der Waals surface area contributed by atoms with Crippen LogP contribution in [0.25, 0.3) is 0 Å². The fraction of sp³-hybridized carbons (Fsp3) is 0.850. The number of hydrogen-bond acceptors (Lipinski definition) is 7. The second-order valence-electron chi connectivity index (χ2n) is 27.7. The third kappa shape index (κ3) is 74.7. The van der Waals surface area contributed by atoms with Crippen molar-refractivity contribution in [1.29, 1.82) is 0 Å². The third-order valence-corrected chi connectivity index (χ3v) is 18.5. The fourth-order valence-electron chi connectivity index (χ4n) is 11.6. The molecule has 10 heteroatoms. The highest BCUT2D eigenvalue weighted by Gasteiger charge is 2.27. The topological polar surface area (TPSA) is 108 Å². The predicted molar refractivity (Wildman–Crippen MR) is 390 cm³/mol. The highest BCUT2D eigenvalue weighted by Crippen LogP contribution is 2.43. The molecule has 90 heavy (non-hydrogen) atoms. The van der Waals surface area contributed by atoms with Crippen LogP contribution in [0.2, 0.25) is 0 Å². The fourth-order valence-corrected chi connectivity index (χ4v) is 12.3. The average Bonchev–Trinajstić information content (AvgIpc) is 3.58. The molecule has 0 saturated carbocycles. The number of phosphoric ester groups is 1. The molecule has 0 aliphatic rings. The van der Waals surface area contributed by atoms with E-state index >= 15 is 0 Å². The maximum absolute atomic E-state index is 12.9. The van der Waals surface area contributed by atoms with Crippen LogP contribution in [0, 0.1) is 0 Å². The first-order valence-corrected chi connectivity index (χ1v) is 40.5. The standard InChI is InChI=1S/C80H150NO8P/c1-6-8-10-12-14-16-18-20-22-24-26-28-30-32-34-36-37-38-39-40-41-42-43-45-47-49-51-53-55-57-59-61-63-65-67-69-71-73-80(83)89-78(77-88-90(84,85)87-75-74-81(3,4)5)76-86-79(82)72-70-68-66-64-62-60-58-56-54-52-50-48-46-44-35-33-31-29-27-25-23-21-19-17-15-13-11-9-7-2/h8,10,14,16,20,22,25-28,78H,6-7,9,11-13,15,17-19,21,23-24,29-77H2,1-5H3/p+1/b10-8-,16-14-,22-20-,27-25-,28-26-. The van der Waals surface area contributed by atoms with Crippen molar-refractivity contribution in [3.63, 3.8) is 0 Å². The van der Waals surface area contributed by atoms with E-state index in [0.29, 0.717) is 23.9 Å². The first kappa shape index (κ1) is 87.7. The van der Waals surface area contributed by atoms with Crippen molar-refractivity contribution in [2.75, 3.05) is 47.5 Å². The molecular formula is C80H151NO8P+. The average molecular weight is 1290 g/mol. The minimum atomic E-state index is -4.39. The third-order valence-electron chi connectivity index (χ3n) is 17.5. The minimum absolute atomic E-state index is 0.0342. The van der Waals surface area contributed by atoms with Crippen LogP contribution in [0.3, 0.4) is 0 Å². The second-order valence-corrected chi connectivity index (χ2v) is 29.2. The molecule has 0 fully saturated rings. The van der Waals surface area contributed by atoms with Crippen molar-refractivity contribution in [3.05, 3.63) is 60.8 Å². The van der Waals surface area contributed by atoms with Crippen LogP contribution in [0.4, 0.5) is 0 Å². The van der Waals surface area contributed by atoms with Gasteiger partial charge in [0.25, 0.3) is 0 Å². The molecule has 0 saturated heterocycles. The Morgan fingerprint density at radius 3 is 0.956 bits per heavy atom. The quantitative estimate of drug-likeness (QED) is 0.0211. The van der Waals surface area contributed by atoms with E-state index in [-0.39, 0.29) is 25.6 Å². The lowest BCUT2D eigenvalue weighted by atomic mass is 10.0. The molecule has 0 spiro atoms. The molecule has 0 amide bonds. The van der Waals surface area contributed by atoms with Crippen molar-refractivity contribution in [2.24, 2.45) is 0 Å². The van der Waals surface area contributed by atoms with Gasteiger partial charge in [0.2, 0.25) is 0 Å². The summed E-state index contributed by atoms with van der Waals surface area (Å²) in [5, 5.41) is 0. The Morgan fingerprint density at radius 2 is 0.633 bits per heavy atom. The van der Waals surface area contributed by atoms with E-state index in [9.17, 15) is 19.0 Å². The maximum Gasteiger partial charge on any atom is 0.472 e. The summed E-state index contributed by atoms with van der Waals surface area (Å²) in [6.07, 6.45) is 95.1. The van der Waals surface area contributed by atoms with Crippen molar-refractivity contribution >= 4 is 19.8 Å². The van der Waals surface area contributed by atoms with Gasteiger partial charge in [0.05, 0.1) is 27.7 Å². The summed E-state index contributed by atoms with van der Waals surface area (Å²) >= 11 is 0. The van der Waals surface area contributed by atoms with Gasteiger partial charge in [0, 0.05) is 12.8 Å². The number of allylic oxidation sites excluding steroid dienone is 10. The van der Waals surface area contributed by atoms with Gasteiger partial charge >= 0.3 is 19.8 Å². The van der Waals surface area contributed by atoms with Gasteiger partial charge in [-0.2, -0.15) is 0 Å². The Labute approximate surface area is 559 Å². The number of likely N-dealkylation sites (N-methyl/N-ethyl adjacent to an activating group) is 1. The molecule has 0 aliphatic heterocycles. The van der Waals surface area contributed by atoms with Crippen LogP contribution in [-0.2, 0) is 32.7 Å². The van der Waals surface area contributed by atoms with Crippen molar-refractivity contribution in [2.45, 2.75) is 392 Å². The van der Waals surface area contributed by atoms with E-state index in [1.165, 1.54) is 295 Å². The van der Waals surface area contributed by atoms with Crippen LogP contribution in [-0.4, -0.2) is 74.9 Å². The number of phosphoric acid groups is 1. The van der Waals surface area contributed by atoms with Gasteiger partial charge in [-0.05, 0) is 77.0 Å². The lowest BCUT2D eigenvalue weighted by molar-refractivity contribution is -0.870. The van der Waals surface area contributed by atoms with E-state index in [2.05, 4.69) is 74.6 Å². The minimum Gasteiger partial charge on any atom is -0.462 e. The molecule has 0 aliphatic carbocycles. The summed E-state index contributed by atoms with van der Waals surface area (Å²) < 4.78 is 34.8. The van der Waals surface area contributed by atoms with Gasteiger partial charge < -0.3 is 18.9 Å². The summed E-state index contributed by atoms with van der Waals surface area (Å²) in [7, 11) is 1.50. The van der Waals surface area contributed by atoms with Gasteiger partial charge in [0.15, 0.2) is 6.10 Å². The zero-order chi connectivity index (χ0) is 65.5. The van der Waals surface area contributed by atoms with Gasteiger partial charge in [-0.3, -0.25) is 18.6 Å². The number of rotatable bonds is 73. The number of esters is 2. The van der Waals surface area contributed by atoms with Crippen LogP contribution in [0.15, 0.2) is 60.8 Å². The Kier molecular flexibility index (Phi) is 69.2. The van der Waals surface area contributed by atoms with E-state index in [4.69, 9.17) is 18.5 Å². The number of ether oxygens (including phenoxy) is 2. The summed E-state index contributed by atoms with van der Waals surface area (Å²) in [6.45, 7) is 4.39. The molecule has 0 heterocycles. The number of quaternary nitrogens is 1. The molecule has 0 radical (unpaired) electrons. The molecule has 0 aromatic rings. The smallest absolute Gasteiger partial charge is 0.462 e. The molecule has 0 bridgehead atoms. The Hall–Kier alpha value is -2.29. The maximum atomic E-state index is 12.9. The summed E-state index contributed by atoms with van der Waals surface area (Å²) in [6, 6.07) is 0. The number of hydrogen-bond donors (Lipinski definition) is 1. The van der Waals surface area contributed by atoms with Crippen LogP contribution in [0.1, 0.15) is 386 Å². The first-order chi connectivity index (χ1) is 44.0. The number of unbranched alkanes of at least 4 members (excludes halogenated alkanes) is 49. The summed E-state index contributed by atoms with van der Waals surface area (Å²) in [5.41, 5.74) is 0. The molecule has 9 nitrogen and oxygen atoms in total. The molecular weight excluding hydrogens is 1130 g/mol. The number of carbonyl (C=O) groups excluding carboxylic acids is 2. The number of nitrogens with zero attached hydrogens (tertiary/aromatic N) is 1. The zero-order valence-electron chi connectivity index (χ0n) is 60.4. The van der Waals surface area contributed by atoms with Crippen LogP contribution < -0.4 is 0 Å².